The number of hydrogen-bond acceptors (Lipinski definition) is 4. The van der Waals surface area contributed by atoms with Crippen molar-refractivity contribution in [2.75, 3.05) is 18.4 Å². The number of Topliss-reactive ketones (excluding diaryl/α,β-unsaturated/α-hetero) is 1. The molecule has 8 heteroatoms. The normalized spacial score (nSPS) is 15.4. The van der Waals surface area contributed by atoms with Crippen LogP contribution in [0.15, 0.2) is 29.2 Å². The molecule has 1 aliphatic heterocycles. The Hall–Kier alpha value is -2.45. The number of aromatic amines is 1. The molecule has 150 valence electrons. The number of H-pyrrole nitrogens is 1. The van der Waals surface area contributed by atoms with Gasteiger partial charge in [-0.2, -0.15) is 4.31 Å². The highest BCUT2D eigenvalue weighted by Gasteiger charge is 2.32. The Bertz CT molecular complexity index is 1020. The Balaban J connectivity index is 1.90. The maximum Gasteiger partial charge on any atom is 0.272 e. The number of aryl methyl sites for hydroxylation is 1. The Kier molecular flexibility index (Phi) is 5.71. The van der Waals surface area contributed by atoms with E-state index in [-0.39, 0.29) is 16.4 Å². The van der Waals surface area contributed by atoms with Gasteiger partial charge in [0.25, 0.3) is 5.91 Å². The van der Waals surface area contributed by atoms with Crippen molar-refractivity contribution in [2.45, 2.75) is 44.9 Å². The van der Waals surface area contributed by atoms with Crippen LogP contribution >= 0.6 is 0 Å². The largest absolute Gasteiger partial charge is 0.353 e. The first kappa shape index (κ1) is 20.3. The van der Waals surface area contributed by atoms with Crippen LogP contribution in [0.2, 0.25) is 0 Å². The van der Waals surface area contributed by atoms with Crippen LogP contribution in [0.4, 0.5) is 5.69 Å². The summed E-state index contributed by atoms with van der Waals surface area (Å²) in [5.41, 5.74) is 2.03. The van der Waals surface area contributed by atoms with Crippen molar-refractivity contribution in [1.82, 2.24) is 9.29 Å². The van der Waals surface area contributed by atoms with Crippen molar-refractivity contribution >= 4 is 27.4 Å². The molecule has 0 saturated carbocycles. The van der Waals surface area contributed by atoms with Gasteiger partial charge in [0.2, 0.25) is 10.0 Å². The van der Waals surface area contributed by atoms with Crippen molar-refractivity contribution in [2.24, 2.45) is 0 Å². The Morgan fingerprint density at radius 1 is 1.11 bits per heavy atom. The van der Waals surface area contributed by atoms with Crippen LogP contribution in [-0.2, 0) is 10.0 Å². The van der Waals surface area contributed by atoms with Gasteiger partial charge in [-0.1, -0.05) is 18.6 Å². The number of benzene rings is 1. The van der Waals surface area contributed by atoms with Crippen molar-refractivity contribution in [3.05, 3.63) is 46.8 Å². The predicted octanol–water partition coefficient (Wildman–Crippen LogP) is 3.26. The first-order valence-corrected chi connectivity index (χ1v) is 10.8. The average molecular weight is 404 g/mol. The fourth-order valence-electron chi connectivity index (χ4n) is 3.59. The minimum atomic E-state index is -3.65. The molecule has 0 unspecified atom stereocenters. The van der Waals surface area contributed by atoms with E-state index in [0.29, 0.717) is 35.6 Å². The third kappa shape index (κ3) is 3.88. The summed E-state index contributed by atoms with van der Waals surface area (Å²) in [6.07, 6.45) is 2.73. The Morgan fingerprint density at radius 3 is 2.43 bits per heavy atom. The summed E-state index contributed by atoms with van der Waals surface area (Å²) >= 11 is 0. The Labute approximate surface area is 165 Å². The van der Waals surface area contributed by atoms with Gasteiger partial charge < -0.3 is 10.3 Å². The molecule has 1 aromatic heterocycles. The summed E-state index contributed by atoms with van der Waals surface area (Å²) in [7, 11) is -3.65. The zero-order chi connectivity index (χ0) is 20.5. The molecule has 0 radical (unpaired) electrons. The van der Waals surface area contributed by atoms with E-state index in [4.69, 9.17) is 0 Å². The summed E-state index contributed by atoms with van der Waals surface area (Å²) < 4.78 is 27.7. The molecule has 7 nitrogen and oxygen atoms in total. The van der Waals surface area contributed by atoms with Crippen LogP contribution < -0.4 is 5.32 Å². The van der Waals surface area contributed by atoms with Crippen molar-refractivity contribution < 1.29 is 18.0 Å². The number of hydrogen-bond donors (Lipinski definition) is 2. The smallest absolute Gasteiger partial charge is 0.272 e. The van der Waals surface area contributed by atoms with E-state index in [1.54, 1.807) is 38.1 Å². The van der Waals surface area contributed by atoms with E-state index in [2.05, 4.69) is 10.3 Å². The number of anilines is 1. The van der Waals surface area contributed by atoms with Crippen LogP contribution in [0.5, 0.6) is 0 Å². The molecule has 2 N–H and O–H groups in total. The molecule has 0 spiro atoms. The van der Waals surface area contributed by atoms with Crippen LogP contribution in [0, 0.1) is 13.8 Å². The van der Waals surface area contributed by atoms with Gasteiger partial charge in [0.05, 0.1) is 0 Å². The summed E-state index contributed by atoms with van der Waals surface area (Å²) in [5.74, 6) is -0.542. The molecule has 0 bridgehead atoms. The van der Waals surface area contributed by atoms with Crippen molar-refractivity contribution in [3.63, 3.8) is 0 Å². The maximum absolute atomic E-state index is 13.1. The van der Waals surface area contributed by atoms with Crippen LogP contribution in [0.3, 0.4) is 0 Å². The molecule has 3 rings (SSSR count). The lowest BCUT2D eigenvalue weighted by molar-refractivity contribution is 0.100. The van der Waals surface area contributed by atoms with Crippen LogP contribution in [-0.4, -0.2) is 42.5 Å². The number of carbonyl (C=O) groups excluding carboxylic acids is 2. The van der Waals surface area contributed by atoms with E-state index in [9.17, 15) is 18.0 Å². The molecule has 2 aromatic rings. The van der Waals surface area contributed by atoms with Gasteiger partial charge >= 0.3 is 0 Å². The second-order valence-electron chi connectivity index (χ2n) is 7.13. The zero-order valence-electron chi connectivity index (χ0n) is 16.3. The number of carbonyl (C=O) groups is 2. The Morgan fingerprint density at radius 2 is 1.79 bits per heavy atom. The van der Waals surface area contributed by atoms with Gasteiger partial charge in [-0.25, -0.2) is 8.42 Å². The molecule has 1 saturated heterocycles. The molecular weight excluding hydrogens is 378 g/mol. The predicted molar refractivity (Wildman–Crippen MR) is 107 cm³/mol. The lowest BCUT2D eigenvalue weighted by atomic mass is 10.1. The number of nitrogens with one attached hydrogen (secondary N) is 2. The van der Waals surface area contributed by atoms with E-state index in [1.807, 2.05) is 0 Å². The SMILES string of the molecule is CC(=O)c1cccc(NC(=O)c2[nH]c(C)c(S(=O)(=O)N3CCCCC3)c2C)c1. The van der Waals surface area contributed by atoms with E-state index >= 15 is 0 Å². The van der Waals surface area contributed by atoms with E-state index in [0.717, 1.165) is 19.3 Å². The molecule has 1 aliphatic rings. The minimum Gasteiger partial charge on any atom is -0.353 e. The molecule has 0 atom stereocenters. The summed E-state index contributed by atoms with van der Waals surface area (Å²) in [4.78, 5) is 27.4. The number of nitrogens with zero attached hydrogens (tertiary/aromatic N) is 1. The molecule has 28 heavy (non-hydrogen) atoms. The fraction of sp³-hybridized carbons (Fsp3) is 0.400. The van der Waals surface area contributed by atoms with Crippen molar-refractivity contribution in [3.8, 4) is 0 Å². The lowest BCUT2D eigenvalue weighted by Crippen LogP contribution is -2.36. The van der Waals surface area contributed by atoms with Crippen LogP contribution in [0.1, 0.15) is 58.3 Å². The fourth-order valence-corrected chi connectivity index (χ4v) is 5.51. The quantitative estimate of drug-likeness (QED) is 0.749. The summed E-state index contributed by atoms with van der Waals surface area (Å²) in [6.45, 7) is 5.77. The minimum absolute atomic E-state index is 0.0992. The average Bonchev–Trinajstić information content (AvgIpc) is 2.97. The molecule has 1 fully saturated rings. The second kappa shape index (κ2) is 7.89. The highest BCUT2D eigenvalue weighted by Crippen LogP contribution is 2.28. The summed E-state index contributed by atoms with van der Waals surface area (Å²) in [6, 6.07) is 6.63. The maximum atomic E-state index is 13.1. The van der Waals surface area contributed by atoms with Crippen LogP contribution in [0.25, 0.3) is 0 Å². The van der Waals surface area contributed by atoms with Gasteiger partial charge in [0, 0.05) is 30.0 Å². The first-order chi connectivity index (χ1) is 13.2. The third-order valence-corrected chi connectivity index (χ3v) is 7.21. The number of ketones is 1. The van der Waals surface area contributed by atoms with Gasteiger partial charge in [-0.3, -0.25) is 9.59 Å². The molecule has 1 amide bonds. The topological polar surface area (TPSA) is 99.3 Å². The standard InChI is InChI=1S/C20H25N3O4S/c1-13-18(20(25)22-17-9-7-8-16(12-17)15(3)24)21-14(2)19(13)28(26,27)23-10-5-4-6-11-23/h7-9,12,21H,4-6,10-11H2,1-3H3,(H,22,25). The third-order valence-electron chi connectivity index (χ3n) is 5.04. The number of piperidine rings is 1. The van der Waals surface area contributed by atoms with E-state index < -0.39 is 15.9 Å². The zero-order valence-corrected chi connectivity index (χ0v) is 17.1. The highest BCUT2D eigenvalue weighted by molar-refractivity contribution is 7.89. The lowest BCUT2D eigenvalue weighted by Gasteiger charge is -2.26. The second-order valence-corrected chi connectivity index (χ2v) is 9.01. The number of amides is 1. The van der Waals surface area contributed by atoms with Gasteiger partial charge in [0.15, 0.2) is 5.78 Å². The van der Waals surface area contributed by atoms with Gasteiger partial charge in [0.1, 0.15) is 10.6 Å². The van der Waals surface area contributed by atoms with E-state index in [1.165, 1.54) is 11.2 Å². The highest BCUT2D eigenvalue weighted by atomic mass is 32.2. The number of sulfonamides is 1. The number of rotatable bonds is 5. The van der Waals surface area contributed by atoms with Gasteiger partial charge in [-0.05, 0) is 51.3 Å². The molecule has 0 aliphatic carbocycles. The first-order valence-electron chi connectivity index (χ1n) is 9.33. The van der Waals surface area contributed by atoms with Gasteiger partial charge in [-0.15, -0.1) is 0 Å². The molecule has 2 heterocycles. The monoisotopic (exact) mass is 403 g/mol. The molecular formula is C20H25N3O4S. The molecule has 1 aromatic carbocycles. The summed E-state index contributed by atoms with van der Waals surface area (Å²) in [5, 5.41) is 2.74. The van der Waals surface area contributed by atoms with Crippen molar-refractivity contribution in [1.29, 1.82) is 0 Å². The number of aromatic nitrogens is 1.